The molecule has 0 aliphatic carbocycles. The summed E-state index contributed by atoms with van der Waals surface area (Å²) in [7, 11) is 1.60. The van der Waals surface area contributed by atoms with Gasteiger partial charge in [0.1, 0.15) is 5.75 Å². The summed E-state index contributed by atoms with van der Waals surface area (Å²) in [5.74, 6) is 0.301. The van der Waals surface area contributed by atoms with E-state index in [0.717, 1.165) is 16.9 Å². The molecule has 0 unspecified atom stereocenters. The molecule has 1 saturated heterocycles. The monoisotopic (exact) mass is 307 g/mol. The molecule has 0 saturated carbocycles. The first-order valence-electron chi connectivity index (χ1n) is 7.37. The van der Waals surface area contributed by atoms with Crippen LogP contribution in [0.3, 0.4) is 0 Å². The molecule has 0 atom stereocenters. The van der Waals surface area contributed by atoms with E-state index < -0.39 is 0 Å². The van der Waals surface area contributed by atoms with Gasteiger partial charge in [-0.3, -0.25) is 9.59 Å². The Bertz CT molecular complexity index is 773. The van der Waals surface area contributed by atoms with Gasteiger partial charge in [-0.15, -0.1) is 0 Å². The Morgan fingerprint density at radius 1 is 1.00 bits per heavy atom. The number of methoxy groups -OCH3 is 1. The average Bonchev–Trinajstić information content (AvgIpc) is 2.83. The molecule has 0 radical (unpaired) electrons. The molecule has 0 aromatic heterocycles. The van der Waals surface area contributed by atoms with Crippen molar-refractivity contribution < 1.29 is 14.3 Å². The van der Waals surface area contributed by atoms with Crippen molar-refractivity contribution in [3.05, 3.63) is 65.2 Å². The molecule has 0 N–H and O–H groups in total. The fourth-order valence-electron chi connectivity index (χ4n) is 2.54. The highest BCUT2D eigenvalue weighted by Gasteiger charge is 2.34. The maximum atomic E-state index is 12.5. The van der Waals surface area contributed by atoms with Crippen LogP contribution in [-0.4, -0.2) is 18.9 Å². The number of imide groups is 1. The molecule has 0 bridgehead atoms. The number of hydrogen-bond acceptors (Lipinski definition) is 3. The average molecular weight is 307 g/mol. The highest BCUT2D eigenvalue weighted by molar-refractivity contribution is 6.29. The topological polar surface area (TPSA) is 46.6 Å². The number of ether oxygens (including phenoxy) is 1. The SMILES string of the molecule is COc1ccc(/C=C2\CC(=O)N(c3ccc(C)cc3)C2=O)cc1. The first-order chi connectivity index (χ1) is 11.1. The van der Waals surface area contributed by atoms with Gasteiger partial charge in [-0.05, 0) is 42.8 Å². The van der Waals surface area contributed by atoms with Crippen LogP contribution in [0.1, 0.15) is 17.5 Å². The zero-order chi connectivity index (χ0) is 16.4. The van der Waals surface area contributed by atoms with E-state index in [1.54, 1.807) is 25.3 Å². The van der Waals surface area contributed by atoms with Crippen molar-refractivity contribution in [2.45, 2.75) is 13.3 Å². The largest absolute Gasteiger partial charge is 0.497 e. The van der Waals surface area contributed by atoms with Gasteiger partial charge in [-0.2, -0.15) is 0 Å². The predicted molar refractivity (Wildman–Crippen MR) is 89.3 cm³/mol. The van der Waals surface area contributed by atoms with Gasteiger partial charge in [0.05, 0.1) is 19.2 Å². The van der Waals surface area contributed by atoms with Gasteiger partial charge in [0.2, 0.25) is 5.91 Å². The number of aryl methyl sites for hydroxylation is 1. The lowest BCUT2D eigenvalue weighted by Gasteiger charge is -2.13. The summed E-state index contributed by atoms with van der Waals surface area (Å²) in [6.45, 7) is 1.96. The summed E-state index contributed by atoms with van der Waals surface area (Å²) in [5.41, 5.74) is 3.07. The van der Waals surface area contributed by atoms with Gasteiger partial charge < -0.3 is 4.74 Å². The molecule has 2 aromatic rings. The minimum Gasteiger partial charge on any atom is -0.497 e. The van der Waals surface area contributed by atoms with Crippen molar-refractivity contribution in [3.8, 4) is 5.75 Å². The zero-order valence-electron chi connectivity index (χ0n) is 13.1. The third kappa shape index (κ3) is 3.01. The second kappa shape index (κ2) is 6.08. The van der Waals surface area contributed by atoms with Crippen LogP contribution in [0.2, 0.25) is 0 Å². The summed E-state index contributed by atoms with van der Waals surface area (Å²) in [6, 6.07) is 14.7. The Hall–Kier alpha value is -2.88. The van der Waals surface area contributed by atoms with Crippen LogP contribution in [0.5, 0.6) is 5.75 Å². The molecule has 1 aliphatic rings. The van der Waals surface area contributed by atoms with E-state index in [2.05, 4.69) is 0 Å². The van der Waals surface area contributed by atoms with Gasteiger partial charge in [-0.25, -0.2) is 4.90 Å². The molecular formula is C19H17NO3. The molecule has 2 aromatic carbocycles. The number of carbonyl (C=O) groups excluding carboxylic acids is 2. The molecule has 3 rings (SSSR count). The van der Waals surface area contributed by atoms with E-state index in [1.807, 2.05) is 43.3 Å². The number of hydrogen-bond donors (Lipinski definition) is 0. The summed E-state index contributed by atoms with van der Waals surface area (Å²) in [5, 5.41) is 0. The van der Waals surface area contributed by atoms with Gasteiger partial charge in [0.25, 0.3) is 5.91 Å². The minimum atomic E-state index is -0.255. The number of amides is 2. The maximum absolute atomic E-state index is 12.5. The molecule has 4 nitrogen and oxygen atoms in total. The zero-order valence-corrected chi connectivity index (χ0v) is 13.1. The molecule has 1 heterocycles. The predicted octanol–water partition coefficient (Wildman–Crippen LogP) is 3.35. The van der Waals surface area contributed by atoms with Crippen molar-refractivity contribution in [3.63, 3.8) is 0 Å². The quantitative estimate of drug-likeness (QED) is 0.645. The van der Waals surface area contributed by atoms with Crippen molar-refractivity contribution in [2.24, 2.45) is 0 Å². The van der Waals surface area contributed by atoms with Crippen molar-refractivity contribution >= 4 is 23.6 Å². The van der Waals surface area contributed by atoms with Crippen molar-refractivity contribution in [1.82, 2.24) is 0 Å². The number of carbonyl (C=O) groups is 2. The normalized spacial score (nSPS) is 16.3. The summed E-state index contributed by atoms with van der Waals surface area (Å²) in [4.78, 5) is 26.0. The molecule has 4 heteroatoms. The number of benzene rings is 2. The van der Waals surface area contributed by atoms with Gasteiger partial charge in [-0.1, -0.05) is 29.8 Å². The van der Waals surface area contributed by atoms with Crippen LogP contribution in [-0.2, 0) is 9.59 Å². The minimum absolute atomic E-state index is 0.124. The Balaban J connectivity index is 1.88. The van der Waals surface area contributed by atoms with E-state index in [1.165, 1.54) is 4.90 Å². The third-order valence-corrected chi connectivity index (χ3v) is 3.82. The third-order valence-electron chi connectivity index (χ3n) is 3.82. The van der Waals surface area contributed by atoms with Crippen molar-refractivity contribution in [2.75, 3.05) is 12.0 Å². The van der Waals surface area contributed by atoms with Gasteiger partial charge in [0.15, 0.2) is 0 Å². The van der Waals surface area contributed by atoms with Crippen LogP contribution in [0, 0.1) is 6.92 Å². The standard InChI is InChI=1S/C19H17NO3/c1-13-3-7-16(8-4-13)20-18(21)12-15(19(20)22)11-14-5-9-17(23-2)10-6-14/h3-11H,12H2,1-2H3/b15-11+. The molecule has 1 aliphatic heterocycles. The first kappa shape index (κ1) is 15.0. The van der Waals surface area contributed by atoms with E-state index in [0.29, 0.717) is 11.3 Å². The molecule has 0 spiro atoms. The van der Waals surface area contributed by atoms with E-state index in [-0.39, 0.29) is 18.2 Å². The van der Waals surface area contributed by atoms with Crippen LogP contribution in [0.15, 0.2) is 54.1 Å². The second-order valence-electron chi connectivity index (χ2n) is 5.49. The summed E-state index contributed by atoms with van der Waals surface area (Å²) in [6.07, 6.45) is 1.88. The molecule has 2 amide bonds. The highest BCUT2D eigenvalue weighted by atomic mass is 16.5. The van der Waals surface area contributed by atoms with Crippen molar-refractivity contribution in [1.29, 1.82) is 0 Å². The number of nitrogens with zero attached hydrogens (tertiary/aromatic N) is 1. The maximum Gasteiger partial charge on any atom is 0.261 e. The van der Waals surface area contributed by atoms with Crippen LogP contribution in [0.25, 0.3) is 6.08 Å². The molecule has 1 fully saturated rings. The number of rotatable bonds is 3. The number of anilines is 1. The van der Waals surface area contributed by atoms with Crippen LogP contribution >= 0.6 is 0 Å². The lowest BCUT2D eigenvalue weighted by atomic mass is 10.1. The first-order valence-corrected chi connectivity index (χ1v) is 7.37. The lowest BCUT2D eigenvalue weighted by Crippen LogP contribution is -2.28. The van der Waals surface area contributed by atoms with E-state index in [4.69, 9.17) is 4.74 Å². The fraction of sp³-hybridized carbons (Fsp3) is 0.158. The highest BCUT2D eigenvalue weighted by Crippen LogP contribution is 2.27. The summed E-state index contributed by atoms with van der Waals surface area (Å²) >= 11 is 0. The summed E-state index contributed by atoms with van der Waals surface area (Å²) < 4.78 is 5.11. The molecule has 116 valence electrons. The fourth-order valence-corrected chi connectivity index (χ4v) is 2.54. The smallest absolute Gasteiger partial charge is 0.261 e. The molecule has 23 heavy (non-hydrogen) atoms. The van der Waals surface area contributed by atoms with Gasteiger partial charge >= 0.3 is 0 Å². The Kier molecular flexibility index (Phi) is 3.98. The Morgan fingerprint density at radius 3 is 2.26 bits per heavy atom. The lowest BCUT2D eigenvalue weighted by molar-refractivity contribution is -0.120. The van der Waals surface area contributed by atoms with E-state index >= 15 is 0 Å². The molecular weight excluding hydrogens is 290 g/mol. The Labute approximate surface area is 135 Å². The van der Waals surface area contributed by atoms with Crippen LogP contribution < -0.4 is 9.64 Å². The Morgan fingerprint density at radius 2 is 1.65 bits per heavy atom. The van der Waals surface area contributed by atoms with E-state index in [9.17, 15) is 9.59 Å². The van der Waals surface area contributed by atoms with Crippen LogP contribution in [0.4, 0.5) is 5.69 Å². The van der Waals surface area contributed by atoms with Gasteiger partial charge in [0, 0.05) is 5.57 Å². The second-order valence-corrected chi connectivity index (χ2v) is 5.49.